The van der Waals surface area contributed by atoms with E-state index in [1.807, 2.05) is 0 Å². The number of alkyl halides is 3. The number of carbonyl (C=O) groups excluding carboxylic acids is 1. The van der Waals surface area contributed by atoms with Crippen molar-refractivity contribution in [2.45, 2.75) is 32.0 Å². The van der Waals surface area contributed by atoms with Gasteiger partial charge in [-0.05, 0) is 17.5 Å². The van der Waals surface area contributed by atoms with Gasteiger partial charge in [-0.15, -0.1) is 11.3 Å². The van der Waals surface area contributed by atoms with Crippen molar-refractivity contribution in [1.29, 1.82) is 0 Å². The molecule has 2 aromatic rings. The summed E-state index contributed by atoms with van der Waals surface area (Å²) >= 11 is 1.09. The Morgan fingerprint density at radius 1 is 1.32 bits per heavy atom. The molecule has 0 aliphatic heterocycles. The van der Waals surface area contributed by atoms with Gasteiger partial charge in [0.15, 0.2) is 5.69 Å². The van der Waals surface area contributed by atoms with Gasteiger partial charge in [0.05, 0.1) is 12.1 Å². The number of amides is 1. The Bertz CT molecular complexity index is 774. The Morgan fingerprint density at radius 3 is 2.60 bits per heavy atom. The monoisotopic (exact) mass is 372 g/mol. The van der Waals surface area contributed by atoms with Crippen LogP contribution in [0, 0.1) is 0 Å². The first kappa shape index (κ1) is 18.9. The third kappa shape index (κ3) is 5.02. The maximum Gasteiger partial charge on any atom is 0.416 e. The van der Waals surface area contributed by atoms with Crippen molar-refractivity contribution in [3.63, 3.8) is 0 Å². The summed E-state index contributed by atoms with van der Waals surface area (Å²) in [6.45, 7) is 1.58. The normalized spacial score (nSPS) is 12.6. The molecule has 25 heavy (non-hydrogen) atoms. The first-order valence-corrected chi connectivity index (χ1v) is 8.17. The van der Waals surface area contributed by atoms with Crippen LogP contribution in [0.1, 0.15) is 45.9 Å². The Hall–Kier alpha value is -2.42. The van der Waals surface area contributed by atoms with Crippen LogP contribution in [0.3, 0.4) is 0 Å². The van der Waals surface area contributed by atoms with Gasteiger partial charge in [0.1, 0.15) is 5.01 Å². The SMILES string of the molecule is CC(CC(=O)NCc1nc(C(=O)O)cs1)c1ccccc1C(F)(F)F. The quantitative estimate of drug-likeness (QED) is 0.811. The molecule has 0 radical (unpaired) electrons. The van der Waals surface area contributed by atoms with Gasteiger partial charge in [0.2, 0.25) is 5.91 Å². The molecule has 0 spiro atoms. The summed E-state index contributed by atoms with van der Waals surface area (Å²) in [4.78, 5) is 26.5. The van der Waals surface area contributed by atoms with E-state index in [0.717, 1.165) is 17.4 Å². The number of rotatable bonds is 6. The van der Waals surface area contributed by atoms with Gasteiger partial charge in [-0.3, -0.25) is 4.79 Å². The summed E-state index contributed by atoms with van der Waals surface area (Å²) in [7, 11) is 0. The van der Waals surface area contributed by atoms with Crippen molar-refractivity contribution in [3.05, 3.63) is 51.5 Å². The fourth-order valence-electron chi connectivity index (χ4n) is 2.31. The van der Waals surface area contributed by atoms with E-state index in [1.54, 1.807) is 6.92 Å². The van der Waals surface area contributed by atoms with Crippen molar-refractivity contribution >= 4 is 23.2 Å². The number of hydrogen-bond donors (Lipinski definition) is 2. The number of benzene rings is 1. The fraction of sp³-hybridized carbons (Fsp3) is 0.312. The molecule has 0 saturated heterocycles. The second-order valence-electron chi connectivity index (χ2n) is 5.40. The highest BCUT2D eigenvalue weighted by atomic mass is 32.1. The molecule has 2 rings (SSSR count). The van der Waals surface area contributed by atoms with Gasteiger partial charge >= 0.3 is 12.1 Å². The molecular weight excluding hydrogens is 357 g/mol. The molecule has 1 unspecified atom stereocenters. The molecule has 1 atom stereocenters. The topological polar surface area (TPSA) is 79.3 Å². The lowest BCUT2D eigenvalue weighted by molar-refractivity contribution is -0.138. The maximum absolute atomic E-state index is 13.0. The minimum absolute atomic E-state index is 0.0322. The van der Waals surface area contributed by atoms with Gasteiger partial charge in [0, 0.05) is 11.8 Å². The van der Waals surface area contributed by atoms with E-state index in [1.165, 1.54) is 23.6 Å². The van der Waals surface area contributed by atoms with Crippen LogP contribution in [0.2, 0.25) is 0 Å². The zero-order chi connectivity index (χ0) is 18.6. The number of halogens is 3. The molecule has 1 aromatic carbocycles. The standard InChI is InChI=1S/C16H15F3N2O3S/c1-9(10-4-2-3-5-11(10)16(17,18)19)6-13(22)20-7-14-21-12(8-25-14)15(23)24/h2-5,8-9H,6-7H2,1H3,(H,20,22)(H,23,24). The van der Waals surface area contributed by atoms with Gasteiger partial charge in [0.25, 0.3) is 0 Å². The molecular formula is C16H15F3N2O3S. The number of hydrogen-bond acceptors (Lipinski definition) is 4. The number of aromatic carboxylic acids is 1. The molecule has 5 nitrogen and oxygen atoms in total. The van der Waals surface area contributed by atoms with Crippen molar-refractivity contribution in [1.82, 2.24) is 10.3 Å². The highest BCUT2D eigenvalue weighted by molar-refractivity contribution is 7.09. The first-order chi connectivity index (χ1) is 11.7. The number of nitrogens with one attached hydrogen (secondary N) is 1. The zero-order valence-corrected chi connectivity index (χ0v) is 13.9. The molecule has 0 saturated carbocycles. The lowest BCUT2D eigenvalue weighted by atomic mass is 9.92. The van der Waals surface area contributed by atoms with Crippen LogP contribution >= 0.6 is 11.3 Å². The van der Waals surface area contributed by atoms with E-state index >= 15 is 0 Å². The van der Waals surface area contributed by atoms with E-state index in [2.05, 4.69) is 10.3 Å². The summed E-state index contributed by atoms with van der Waals surface area (Å²) in [5, 5.41) is 13.1. The van der Waals surface area contributed by atoms with Crippen LogP contribution in [-0.4, -0.2) is 22.0 Å². The molecule has 9 heteroatoms. The molecule has 0 aliphatic rings. The van der Waals surface area contributed by atoms with Crippen molar-refractivity contribution in [3.8, 4) is 0 Å². The number of carboxylic acids is 1. The Morgan fingerprint density at radius 2 is 2.00 bits per heavy atom. The van der Waals surface area contributed by atoms with Gasteiger partial charge in [-0.1, -0.05) is 25.1 Å². The van der Waals surface area contributed by atoms with Gasteiger partial charge in [-0.2, -0.15) is 13.2 Å². The molecule has 0 fully saturated rings. The Balaban J connectivity index is 1.97. The predicted molar refractivity (Wildman–Crippen MR) is 85.4 cm³/mol. The first-order valence-electron chi connectivity index (χ1n) is 7.29. The van der Waals surface area contributed by atoms with Crippen LogP contribution in [0.25, 0.3) is 0 Å². The van der Waals surface area contributed by atoms with Gasteiger partial charge < -0.3 is 10.4 Å². The van der Waals surface area contributed by atoms with Crippen molar-refractivity contribution in [2.75, 3.05) is 0 Å². The molecule has 1 amide bonds. The summed E-state index contributed by atoms with van der Waals surface area (Å²) in [6.07, 6.45) is -4.60. The Labute approximate surface area is 145 Å². The minimum Gasteiger partial charge on any atom is -0.476 e. The van der Waals surface area contributed by atoms with E-state index in [9.17, 15) is 22.8 Å². The van der Waals surface area contributed by atoms with E-state index in [4.69, 9.17) is 5.11 Å². The molecule has 1 aromatic heterocycles. The number of carboxylic acid groups (broad SMARTS) is 1. The van der Waals surface area contributed by atoms with Gasteiger partial charge in [-0.25, -0.2) is 9.78 Å². The number of nitrogens with zero attached hydrogens (tertiary/aromatic N) is 1. The van der Waals surface area contributed by atoms with E-state index < -0.39 is 29.5 Å². The van der Waals surface area contributed by atoms with Crippen LogP contribution in [0.5, 0.6) is 0 Å². The average molecular weight is 372 g/mol. The highest BCUT2D eigenvalue weighted by Gasteiger charge is 2.34. The third-order valence-electron chi connectivity index (χ3n) is 3.50. The molecule has 134 valence electrons. The fourth-order valence-corrected chi connectivity index (χ4v) is 3.02. The highest BCUT2D eigenvalue weighted by Crippen LogP contribution is 2.35. The number of aromatic nitrogens is 1. The van der Waals surface area contributed by atoms with E-state index in [0.29, 0.717) is 5.01 Å². The second-order valence-corrected chi connectivity index (χ2v) is 6.34. The maximum atomic E-state index is 13.0. The predicted octanol–water partition coefficient (Wildman–Crippen LogP) is 3.67. The molecule has 0 bridgehead atoms. The molecule has 0 aliphatic carbocycles. The van der Waals surface area contributed by atoms with Crippen molar-refractivity contribution < 1.29 is 27.9 Å². The lowest BCUT2D eigenvalue weighted by Crippen LogP contribution is -2.24. The Kier molecular flexibility index (Phi) is 5.78. The largest absolute Gasteiger partial charge is 0.476 e. The van der Waals surface area contributed by atoms with Crippen molar-refractivity contribution in [2.24, 2.45) is 0 Å². The molecule has 1 heterocycles. The summed E-state index contributed by atoms with van der Waals surface area (Å²) in [5.74, 6) is -2.22. The third-order valence-corrected chi connectivity index (χ3v) is 4.35. The average Bonchev–Trinajstić information content (AvgIpc) is 3.01. The summed E-state index contributed by atoms with van der Waals surface area (Å²) in [5.41, 5.74) is -0.796. The number of carbonyl (C=O) groups is 2. The lowest BCUT2D eigenvalue weighted by Gasteiger charge is -2.18. The number of thiazole rings is 1. The molecule has 2 N–H and O–H groups in total. The van der Waals surface area contributed by atoms with E-state index in [-0.39, 0.29) is 24.2 Å². The zero-order valence-electron chi connectivity index (χ0n) is 13.1. The second kappa shape index (κ2) is 7.64. The van der Waals surface area contributed by atoms with Crippen LogP contribution in [0.4, 0.5) is 13.2 Å². The van der Waals surface area contributed by atoms with Crippen LogP contribution in [0.15, 0.2) is 29.6 Å². The smallest absolute Gasteiger partial charge is 0.416 e. The minimum atomic E-state index is -4.48. The van der Waals surface area contributed by atoms with Crippen LogP contribution < -0.4 is 5.32 Å². The summed E-state index contributed by atoms with van der Waals surface area (Å²) in [6, 6.07) is 5.16. The summed E-state index contributed by atoms with van der Waals surface area (Å²) < 4.78 is 39.1. The van der Waals surface area contributed by atoms with Crippen LogP contribution in [-0.2, 0) is 17.5 Å².